The maximum atomic E-state index is 13.7. The van der Waals surface area contributed by atoms with Crippen molar-refractivity contribution >= 4 is 11.6 Å². The molecular weight excluding hydrogens is 414 g/mol. The molecule has 0 radical (unpaired) electrons. The highest BCUT2D eigenvalue weighted by atomic mass is 19.4. The molecule has 3 aromatic rings. The van der Waals surface area contributed by atoms with Gasteiger partial charge in [-0.1, -0.05) is 12.1 Å². The highest BCUT2D eigenvalue weighted by Gasteiger charge is 2.30. The number of carbonyl (C=O) groups excluding carboxylic acids is 1. The average Bonchev–Trinajstić information content (AvgIpc) is 2.69. The fourth-order valence-electron chi connectivity index (χ4n) is 2.69. The van der Waals surface area contributed by atoms with Gasteiger partial charge in [-0.05, 0) is 42.0 Å². The number of halogens is 6. The van der Waals surface area contributed by atoms with E-state index in [1.165, 1.54) is 24.4 Å². The molecule has 4 nitrogen and oxygen atoms in total. The third kappa shape index (κ3) is 4.37. The molecule has 156 valence electrons. The SMILES string of the molecule is O=C(Nc1ccc(F)c(F)c1F)c1cccn(Cc2cccc(C(F)(F)F)c2)c1=O. The van der Waals surface area contributed by atoms with Gasteiger partial charge in [0.15, 0.2) is 17.5 Å². The molecule has 0 atom stereocenters. The Labute approximate surface area is 165 Å². The Morgan fingerprint density at radius 1 is 0.967 bits per heavy atom. The van der Waals surface area contributed by atoms with Crippen LogP contribution >= 0.6 is 0 Å². The monoisotopic (exact) mass is 426 g/mol. The molecule has 0 fully saturated rings. The third-order valence-electron chi connectivity index (χ3n) is 4.16. The molecule has 0 saturated heterocycles. The van der Waals surface area contributed by atoms with Crippen LogP contribution < -0.4 is 10.9 Å². The number of alkyl halides is 3. The van der Waals surface area contributed by atoms with Gasteiger partial charge in [0.1, 0.15) is 5.56 Å². The van der Waals surface area contributed by atoms with Gasteiger partial charge in [-0.15, -0.1) is 0 Å². The minimum atomic E-state index is -4.56. The Hall–Kier alpha value is -3.56. The number of pyridine rings is 1. The van der Waals surface area contributed by atoms with Gasteiger partial charge in [0.2, 0.25) is 0 Å². The van der Waals surface area contributed by atoms with Gasteiger partial charge in [0.05, 0.1) is 17.8 Å². The normalized spacial score (nSPS) is 11.4. The van der Waals surface area contributed by atoms with Crippen molar-refractivity contribution in [2.75, 3.05) is 5.32 Å². The van der Waals surface area contributed by atoms with Crippen molar-refractivity contribution < 1.29 is 31.1 Å². The standard InChI is InChI=1S/C20H12F6N2O2/c21-14-6-7-15(17(23)16(14)22)27-18(29)13-5-2-8-28(19(13)30)10-11-3-1-4-12(9-11)20(24,25)26/h1-9H,10H2,(H,27,29). The summed E-state index contributed by atoms with van der Waals surface area (Å²) in [7, 11) is 0. The highest BCUT2D eigenvalue weighted by Crippen LogP contribution is 2.29. The van der Waals surface area contributed by atoms with Gasteiger partial charge < -0.3 is 9.88 Å². The summed E-state index contributed by atoms with van der Waals surface area (Å²) < 4.78 is 79.6. The van der Waals surface area contributed by atoms with Crippen LogP contribution in [-0.4, -0.2) is 10.5 Å². The van der Waals surface area contributed by atoms with Crippen LogP contribution in [0.25, 0.3) is 0 Å². The van der Waals surface area contributed by atoms with E-state index >= 15 is 0 Å². The Bertz CT molecular complexity index is 1170. The smallest absolute Gasteiger partial charge is 0.319 e. The molecule has 0 unspecified atom stereocenters. The van der Waals surface area contributed by atoms with Gasteiger partial charge in [-0.2, -0.15) is 13.2 Å². The van der Waals surface area contributed by atoms with E-state index < -0.39 is 51.9 Å². The van der Waals surface area contributed by atoms with Crippen molar-refractivity contribution in [2.45, 2.75) is 12.7 Å². The molecule has 0 aliphatic carbocycles. The van der Waals surface area contributed by atoms with E-state index in [1.54, 1.807) is 0 Å². The summed E-state index contributed by atoms with van der Waals surface area (Å²) in [5, 5.41) is 1.97. The van der Waals surface area contributed by atoms with E-state index in [9.17, 15) is 35.9 Å². The summed E-state index contributed by atoms with van der Waals surface area (Å²) in [6, 6.07) is 8.11. The minimum absolute atomic E-state index is 0.163. The average molecular weight is 426 g/mol. The lowest BCUT2D eigenvalue weighted by atomic mass is 10.1. The number of nitrogens with one attached hydrogen (secondary N) is 1. The molecule has 0 aliphatic rings. The lowest BCUT2D eigenvalue weighted by Gasteiger charge is -2.11. The first-order chi connectivity index (χ1) is 14.1. The lowest BCUT2D eigenvalue weighted by molar-refractivity contribution is -0.137. The van der Waals surface area contributed by atoms with Crippen molar-refractivity contribution in [3.8, 4) is 0 Å². The molecular formula is C20H12F6N2O2. The summed E-state index contributed by atoms with van der Waals surface area (Å²) in [4.78, 5) is 24.9. The zero-order chi connectivity index (χ0) is 22.1. The first kappa shape index (κ1) is 21.2. The van der Waals surface area contributed by atoms with Gasteiger partial charge in [0, 0.05) is 6.20 Å². The summed E-state index contributed by atoms with van der Waals surface area (Å²) in [6.07, 6.45) is -3.30. The van der Waals surface area contributed by atoms with Crippen LogP contribution in [0.15, 0.2) is 59.5 Å². The summed E-state index contributed by atoms with van der Waals surface area (Å²) in [5.74, 6) is -5.97. The minimum Gasteiger partial charge on any atom is -0.319 e. The van der Waals surface area contributed by atoms with Crippen LogP contribution in [0.3, 0.4) is 0 Å². The number of rotatable bonds is 4. The van der Waals surface area contributed by atoms with E-state index in [0.717, 1.165) is 28.8 Å². The second-order valence-corrected chi connectivity index (χ2v) is 6.23. The molecule has 3 rings (SSSR count). The van der Waals surface area contributed by atoms with Crippen molar-refractivity contribution in [2.24, 2.45) is 0 Å². The first-order valence-corrected chi connectivity index (χ1v) is 8.38. The lowest BCUT2D eigenvalue weighted by Crippen LogP contribution is -2.29. The number of nitrogens with zero attached hydrogens (tertiary/aromatic N) is 1. The van der Waals surface area contributed by atoms with Crippen LogP contribution in [0.1, 0.15) is 21.5 Å². The van der Waals surface area contributed by atoms with Crippen molar-refractivity contribution in [3.05, 3.63) is 99.2 Å². The fraction of sp³-hybridized carbons (Fsp3) is 0.100. The molecule has 30 heavy (non-hydrogen) atoms. The predicted molar refractivity (Wildman–Crippen MR) is 95.5 cm³/mol. The zero-order valence-corrected chi connectivity index (χ0v) is 14.9. The Morgan fingerprint density at radius 3 is 2.40 bits per heavy atom. The molecule has 1 amide bonds. The summed E-state index contributed by atoms with van der Waals surface area (Å²) in [5.41, 5.74) is -2.73. The van der Waals surface area contributed by atoms with E-state index in [2.05, 4.69) is 0 Å². The second kappa shape index (κ2) is 8.05. The van der Waals surface area contributed by atoms with E-state index in [-0.39, 0.29) is 12.1 Å². The molecule has 1 aromatic heterocycles. The number of aromatic nitrogens is 1. The van der Waals surface area contributed by atoms with Gasteiger partial charge in [-0.25, -0.2) is 13.2 Å². The number of hydrogen-bond donors (Lipinski definition) is 1. The quantitative estimate of drug-likeness (QED) is 0.490. The molecule has 0 bridgehead atoms. The second-order valence-electron chi connectivity index (χ2n) is 6.23. The van der Waals surface area contributed by atoms with Crippen LogP contribution in [-0.2, 0) is 12.7 Å². The van der Waals surface area contributed by atoms with E-state index in [0.29, 0.717) is 6.07 Å². The molecule has 0 spiro atoms. The van der Waals surface area contributed by atoms with Gasteiger partial charge in [0.25, 0.3) is 11.5 Å². The number of hydrogen-bond acceptors (Lipinski definition) is 2. The Morgan fingerprint density at radius 2 is 1.70 bits per heavy atom. The molecule has 10 heteroatoms. The largest absolute Gasteiger partial charge is 0.416 e. The molecule has 0 aliphatic heterocycles. The molecule has 0 saturated carbocycles. The van der Waals surface area contributed by atoms with Crippen molar-refractivity contribution in [1.82, 2.24) is 4.57 Å². The number of anilines is 1. The third-order valence-corrected chi connectivity index (χ3v) is 4.16. The van der Waals surface area contributed by atoms with Gasteiger partial charge in [-0.3, -0.25) is 9.59 Å². The van der Waals surface area contributed by atoms with E-state index in [4.69, 9.17) is 0 Å². The Balaban J connectivity index is 1.88. The maximum absolute atomic E-state index is 13.7. The number of carbonyl (C=O) groups is 1. The highest BCUT2D eigenvalue weighted by molar-refractivity contribution is 6.04. The van der Waals surface area contributed by atoms with Crippen LogP contribution in [0, 0.1) is 17.5 Å². The number of benzene rings is 2. The topological polar surface area (TPSA) is 51.1 Å². The predicted octanol–water partition coefficient (Wildman–Crippen LogP) is 4.59. The van der Waals surface area contributed by atoms with Gasteiger partial charge >= 0.3 is 6.18 Å². The van der Waals surface area contributed by atoms with Crippen LogP contribution in [0.2, 0.25) is 0 Å². The summed E-state index contributed by atoms with van der Waals surface area (Å²) in [6.45, 7) is -0.261. The molecule has 1 heterocycles. The van der Waals surface area contributed by atoms with Crippen molar-refractivity contribution in [3.63, 3.8) is 0 Å². The van der Waals surface area contributed by atoms with Crippen LogP contribution in [0.4, 0.5) is 32.0 Å². The van der Waals surface area contributed by atoms with Crippen molar-refractivity contribution in [1.29, 1.82) is 0 Å². The molecule has 2 aromatic carbocycles. The summed E-state index contributed by atoms with van der Waals surface area (Å²) >= 11 is 0. The fourth-order valence-corrected chi connectivity index (χ4v) is 2.69. The molecule has 1 N–H and O–H groups in total. The number of amides is 1. The zero-order valence-electron chi connectivity index (χ0n) is 14.9. The van der Waals surface area contributed by atoms with Crippen LogP contribution in [0.5, 0.6) is 0 Å². The maximum Gasteiger partial charge on any atom is 0.416 e. The first-order valence-electron chi connectivity index (χ1n) is 8.38. The Kier molecular flexibility index (Phi) is 5.68. The van der Waals surface area contributed by atoms with E-state index in [1.807, 2.05) is 5.32 Å².